The van der Waals surface area contributed by atoms with Crippen molar-refractivity contribution in [2.24, 2.45) is 0 Å². The van der Waals surface area contributed by atoms with Gasteiger partial charge in [-0.25, -0.2) is 0 Å². The van der Waals surface area contributed by atoms with Gasteiger partial charge in [0.1, 0.15) is 11.5 Å². The molecule has 222 valence electrons. The molecule has 43 heavy (non-hydrogen) atoms. The summed E-state index contributed by atoms with van der Waals surface area (Å²) < 4.78 is 5.30. The number of carbonyl (C=O) groups excluding carboxylic acids is 2. The van der Waals surface area contributed by atoms with Crippen LogP contribution in [0.3, 0.4) is 0 Å². The van der Waals surface area contributed by atoms with Gasteiger partial charge in [0.2, 0.25) is 0 Å². The van der Waals surface area contributed by atoms with E-state index in [1.54, 1.807) is 45.2 Å². The Hall–Kier alpha value is -3.88. The van der Waals surface area contributed by atoms with Crippen molar-refractivity contribution in [2.45, 2.75) is 13.8 Å². The second kappa shape index (κ2) is 16.7. The Morgan fingerprint density at radius 1 is 0.674 bits per heavy atom. The number of hydrogen-bond donors (Lipinski definition) is 1. The van der Waals surface area contributed by atoms with Crippen LogP contribution in [0, 0.1) is 34.1 Å². The topological polar surface area (TPSA) is 150 Å². The molecule has 0 amide bonds. The van der Waals surface area contributed by atoms with Crippen LogP contribution in [0.1, 0.15) is 43.0 Å². The lowest BCUT2D eigenvalue weighted by Crippen LogP contribution is -2.02. The fraction of sp³-hybridized carbons (Fsp3) is 0.103. The van der Waals surface area contributed by atoms with Gasteiger partial charge >= 0.3 is 3.18 Å². The SMILES string of the molecule is BrB(Br)Br.COc1ccc(C(=O)c2ccc([N+](=O)[O-])c(C)c2)cc1.Cc1cc(C(=O)c2ccc(O)cc2)ccc1[N+](=O)[O-]. The highest BCUT2D eigenvalue weighted by molar-refractivity contribution is 9.69. The molecule has 0 aliphatic rings. The molecule has 0 fully saturated rings. The lowest BCUT2D eigenvalue weighted by Gasteiger charge is -2.04. The lowest BCUT2D eigenvalue weighted by atomic mass is 10.0. The first kappa shape index (κ1) is 35.3. The van der Waals surface area contributed by atoms with Gasteiger partial charge in [-0.05, 0) is 86.6 Å². The first-order valence-electron chi connectivity index (χ1n) is 12.2. The van der Waals surface area contributed by atoms with Crippen LogP contribution >= 0.6 is 47.3 Å². The average molecular weight is 779 g/mol. The Morgan fingerprint density at radius 2 is 1.00 bits per heavy atom. The molecular weight excluding hydrogens is 755 g/mol. The molecule has 0 aliphatic heterocycles. The highest BCUT2D eigenvalue weighted by Gasteiger charge is 2.16. The summed E-state index contributed by atoms with van der Waals surface area (Å²) in [5.41, 5.74) is 2.65. The molecule has 0 aliphatic carbocycles. The molecule has 0 aromatic heterocycles. The minimum atomic E-state index is -0.482. The first-order valence-corrected chi connectivity index (χ1v) is 14.9. The van der Waals surface area contributed by atoms with Crippen LogP contribution in [0.2, 0.25) is 0 Å². The van der Waals surface area contributed by atoms with E-state index < -0.39 is 9.85 Å². The molecule has 14 heteroatoms. The predicted molar refractivity (Wildman–Crippen MR) is 176 cm³/mol. The third-order valence-corrected chi connectivity index (χ3v) is 5.79. The van der Waals surface area contributed by atoms with E-state index in [9.17, 15) is 29.8 Å². The zero-order chi connectivity index (χ0) is 32.3. The van der Waals surface area contributed by atoms with E-state index in [1.165, 1.54) is 60.7 Å². The number of aromatic hydroxyl groups is 1. The Bertz CT molecular complexity index is 1610. The molecule has 4 rings (SSSR count). The zero-order valence-electron chi connectivity index (χ0n) is 23.0. The van der Waals surface area contributed by atoms with Crippen molar-refractivity contribution in [1.82, 2.24) is 0 Å². The van der Waals surface area contributed by atoms with Crippen LogP contribution in [0.4, 0.5) is 11.4 Å². The number of phenolic OH excluding ortho intramolecular Hbond substituents is 1. The van der Waals surface area contributed by atoms with Crippen molar-refractivity contribution in [3.05, 3.63) is 139 Å². The number of aryl methyl sites for hydroxylation is 2. The average Bonchev–Trinajstić information content (AvgIpc) is 2.96. The summed E-state index contributed by atoms with van der Waals surface area (Å²) in [6.07, 6.45) is 0. The number of phenols is 1. The number of hydrogen-bond acceptors (Lipinski definition) is 8. The molecule has 0 heterocycles. The summed E-state index contributed by atoms with van der Waals surface area (Å²) in [4.78, 5) is 44.9. The molecule has 10 nitrogen and oxygen atoms in total. The van der Waals surface area contributed by atoms with Gasteiger partial charge in [-0.15, -0.1) is 47.3 Å². The van der Waals surface area contributed by atoms with E-state index in [-0.39, 0.29) is 31.9 Å². The number of rotatable bonds is 7. The van der Waals surface area contributed by atoms with Crippen molar-refractivity contribution in [3.8, 4) is 11.5 Å². The molecule has 0 bridgehead atoms. The van der Waals surface area contributed by atoms with Crippen LogP contribution in [0.15, 0.2) is 84.9 Å². The van der Waals surface area contributed by atoms with Gasteiger partial charge in [0.05, 0.1) is 17.0 Å². The van der Waals surface area contributed by atoms with Crippen molar-refractivity contribution in [1.29, 1.82) is 0 Å². The molecule has 0 atom stereocenters. The van der Waals surface area contributed by atoms with Crippen molar-refractivity contribution >= 4 is 73.4 Å². The maximum absolute atomic E-state index is 12.3. The number of ketones is 2. The number of ether oxygens (including phenoxy) is 1. The van der Waals surface area contributed by atoms with Gasteiger partial charge in [0.25, 0.3) is 11.4 Å². The van der Waals surface area contributed by atoms with E-state index >= 15 is 0 Å². The Morgan fingerprint density at radius 3 is 1.30 bits per heavy atom. The second-order valence-corrected chi connectivity index (χ2v) is 15.1. The summed E-state index contributed by atoms with van der Waals surface area (Å²) in [6.45, 7) is 3.20. The molecule has 0 spiro atoms. The van der Waals surface area contributed by atoms with E-state index in [0.29, 0.717) is 39.1 Å². The third kappa shape index (κ3) is 10.7. The third-order valence-electron chi connectivity index (χ3n) is 5.79. The van der Waals surface area contributed by atoms with Gasteiger partial charge in [0, 0.05) is 45.5 Å². The van der Waals surface area contributed by atoms with Crippen LogP contribution < -0.4 is 4.74 Å². The minimum Gasteiger partial charge on any atom is -0.508 e. The van der Waals surface area contributed by atoms with Crippen molar-refractivity contribution in [2.75, 3.05) is 7.11 Å². The number of carbonyl (C=O) groups is 2. The van der Waals surface area contributed by atoms with Gasteiger partial charge < -0.3 is 9.84 Å². The van der Waals surface area contributed by atoms with Crippen LogP contribution in [-0.4, -0.2) is 36.8 Å². The molecular formula is C29H24BBr3N2O8. The number of nitro benzene ring substituents is 2. The summed E-state index contributed by atoms with van der Waals surface area (Å²) in [5.74, 6) is 0.335. The summed E-state index contributed by atoms with van der Waals surface area (Å²) in [7, 11) is 1.55. The van der Waals surface area contributed by atoms with Crippen LogP contribution in [0.25, 0.3) is 0 Å². The molecule has 0 saturated heterocycles. The van der Waals surface area contributed by atoms with E-state index in [0.717, 1.165) is 0 Å². The molecule has 1 N–H and O–H groups in total. The fourth-order valence-corrected chi connectivity index (χ4v) is 3.69. The van der Waals surface area contributed by atoms with Crippen molar-refractivity contribution in [3.63, 3.8) is 0 Å². The van der Waals surface area contributed by atoms with E-state index in [2.05, 4.69) is 47.3 Å². The number of nitrogens with zero attached hydrogens (tertiary/aromatic N) is 2. The quantitative estimate of drug-likeness (QED) is 0.0856. The highest BCUT2D eigenvalue weighted by atomic mass is 79.9. The minimum absolute atomic E-state index is 0.0104. The molecule has 4 aromatic rings. The van der Waals surface area contributed by atoms with Crippen LogP contribution in [-0.2, 0) is 0 Å². The van der Waals surface area contributed by atoms with E-state index in [1.807, 2.05) is 0 Å². The number of methoxy groups -OCH3 is 1. The first-order chi connectivity index (χ1) is 20.2. The number of halogens is 3. The zero-order valence-corrected chi connectivity index (χ0v) is 27.8. The summed E-state index contributed by atoms with van der Waals surface area (Å²) in [5, 5.41) is 30.6. The second-order valence-electron chi connectivity index (χ2n) is 8.70. The monoisotopic (exact) mass is 776 g/mol. The maximum atomic E-state index is 12.3. The number of nitro groups is 2. The summed E-state index contributed by atoms with van der Waals surface area (Å²) >= 11 is 9.31. The molecule has 0 unspecified atom stereocenters. The maximum Gasteiger partial charge on any atom is 0.369 e. The van der Waals surface area contributed by atoms with Crippen LogP contribution in [0.5, 0.6) is 11.5 Å². The normalized spacial score (nSPS) is 9.81. The Balaban J connectivity index is 0.000000267. The Kier molecular flexibility index (Phi) is 13.7. The lowest BCUT2D eigenvalue weighted by molar-refractivity contribution is -0.385. The van der Waals surface area contributed by atoms with E-state index in [4.69, 9.17) is 9.84 Å². The molecule has 4 aromatic carbocycles. The van der Waals surface area contributed by atoms with Gasteiger partial charge in [0.15, 0.2) is 11.6 Å². The van der Waals surface area contributed by atoms with Crippen molar-refractivity contribution < 1.29 is 29.3 Å². The Labute approximate surface area is 272 Å². The molecule has 0 saturated carbocycles. The molecule has 0 radical (unpaired) electrons. The number of benzene rings is 4. The fourth-order valence-electron chi connectivity index (χ4n) is 3.69. The van der Waals surface area contributed by atoms with Gasteiger partial charge in [-0.1, -0.05) is 0 Å². The summed E-state index contributed by atoms with van der Waals surface area (Å²) in [6, 6.07) is 21.2. The van der Waals surface area contributed by atoms with Gasteiger partial charge in [-0.2, -0.15) is 0 Å². The van der Waals surface area contributed by atoms with Gasteiger partial charge in [-0.3, -0.25) is 29.8 Å². The predicted octanol–water partition coefficient (Wildman–Crippen LogP) is 8.14. The smallest absolute Gasteiger partial charge is 0.369 e. The highest BCUT2D eigenvalue weighted by Crippen LogP contribution is 2.23. The standard InChI is InChI=1S/C15H13NO4.C14H11NO4.BBr3/c1-10-9-12(5-8-14(10)16(18)19)15(17)11-3-6-13(20-2)7-4-11;1-9-8-11(4-7-13(9)15(18)19)14(17)10-2-5-12(16)6-3-10;2-1(3)4/h3-9H,1-2H3;2-8,16H,1H3;. The largest absolute Gasteiger partial charge is 0.508 e.